The van der Waals surface area contributed by atoms with E-state index >= 15 is 0 Å². The zero-order valence-electron chi connectivity index (χ0n) is 14.6. The molecule has 3 aromatic carbocycles. The number of ether oxygens (including phenoxy) is 1. The molecule has 0 radical (unpaired) electrons. The Morgan fingerprint density at radius 2 is 1.58 bits per heavy atom. The van der Waals surface area contributed by atoms with Crippen molar-refractivity contribution >= 4 is 10.9 Å². The predicted molar refractivity (Wildman–Crippen MR) is 106 cm³/mol. The lowest BCUT2D eigenvalue weighted by Crippen LogP contribution is -2.07. The number of fused-ring (bicyclic) bond motifs is 1. The Balaban J connectivity index is 1.90. The minimum Gasteiger partial charge on any atom is -0.494 e. The van der Waals surface area contributed by atoms with Crippen molar-refractivity contribution < 1.29 is 4.74 Å². The maximum Gasteiger partial charge on any atom is 0.189 e. The summed E-state index contributed by atoms with van der Waals surface area (Å²) in [5, 5.41) is 0.719. The van der Waals surface area contributed by atoms with Gasteiger partial charge in [-0.1, -0.05) is 42.5 Å². The molecule has 0 atom stereocenters. The molecule has 3 heteroatoms. The minimum atomic E-state index is 0.0374. The van der Waals surface area contributed by atoms with Crippen LogP contribution in [0.1, 0.15) is 6.92 Å². The summed E-state index contributed by atoms with van der Waals surface area (Å²) in [6, 6.07) is 25.6. The van der Waals surface area contributed by atoms with Crippen LogP contribution in [0, 0.1) is 0 Å². The number of nitrogens with zero attached hydrogens (tertiary/aromatic N) is 1. The topological polar surface area (TPSA) is 31.2 Å². The second-order valence-corrected chi connectivity index (χ2v) is 6.04. The van der Waals surface area contributed by atoms with Crippen LogP contribution >= 0.6 is 0 Å². The number of hydrogen-bond donors (Lipinski definition) is 0. The van der Waals surface area contributed by atoms with Gasteiger partial charge in [-0.25, -0.2) is 0 Å². The Bertz CT molecular complexity index is 1110. The monoisotopic (exact) mass is 341 g/mol. The highest BCUT2D eigenvalue weighted by Crippen LogP contribution is 2.29. The molecule has 1 aromatic heterocycles. The van der Waals surface area contributed by atoms with E-state index in [0.717, 1.165) is 33.5 Å². The van der Waals surface area contributed by atoms with E-state index in [0.29, 0.717) is 6.61 Å². The van der Waals surface area contributed by atoms with Crippen LogP contribution in [0.15, 0.2) is 89.9 Å². The molecule has 0 amide bonds. The standard InChI is InChI=1S/C23H19NO2/c1-2-26-18-13-11-17(12-14-18)19-7-3-5-9-21(19)24-16-15-23(25)20-8-4-6-10-22(20)24/h3-16H,2H2,1H3. The average Bonchev–Trinajstić information content (AvgIpc) is 2.70. The van der Waals surface area contributed by atoms with E-state index in [9.17, 15) is 4.79 Å². The van der Waals surface area contributed by atoms with Crippen LogP contribution in [-0.2, 0) is 0 Å². The third-order valence-electron chi connectivity index (χ3n) is 4.44. The zero-order chi connectivity index (χ0) is 17.9. The van der Waals surface area contributed by atoms with Crippen molar-refractivity contribution in [2.75, 3.05) is 6.61 Å². The first kappa shape index (κ1) is 16.2. The molecule has 26 heavy (non-hydrogen) atoms. The summed E-state index contributed by atoms with van der Waals surface area (Å²) in [4.78, 5) is 12.2. The highest BCUT2D eigenvalue weighted by molar-refractivity contribution is 5.83. The number of aromatic nitrogens is 1. The average molecular weight is 341 g/mol. The molecular weight excluding hydrogens is 322 g/mol. The normalized spacial score (nSPS) is 10.8. The van der Waals surface area contributed by atoms with Crippen LogP contribution in [0.5, 0.6) is 5.75 Å². The van der Waals surface area contributed by atoms with E-state index in [2.05, 4.69) is 28.8 Å². The van der Waals surface area contributed by atoms with Gasteiger partial charge in [0.2, 0.25) is 0 Å². The fraction of sp³-hybridized carbons (Fsp3) is 0.0870. The summed E-state index contributed by atoms with van der Waals surface area (Å²) in [5.74, 6) is 0.863. The van der Waals surface area contributed by atoms with Crippen molar-refractivity contribution in [3.63, 3.8) is 0 Å². The van der Waals surface area contributed by atoms with Crippen molar-refractivity contribution in [1.82, 2.24) is 4.57 Å². The first-order valence-corrected chi connectivity index (χ1v) is 8.71. The lowest BCUT2D eigenvalue weighted by Gasteiger charge is -2.15. The molecule has 128 valence electrons. The van der Waals surface area contributed by atoms with Gasteiger partial charge < -0.3 is 9.30 Å². The molecule has 0 aliphatic heterocycles. The van der Waals surface area contributed by atoms with Crippen LogP contribution in [0.4, 0.5) is 0 Å². The molecule has 0 bridgehead atoms. The number of benzene rings is 3. The first-order valence-electron chi connectivity index (χ1n) is 8.71. The van der Waals surface area contributed by atoms with Crippen molar-refractivity contribution in [2.45, 2.75) is 6.92 Å². The first-order chi connectivity index (χ1) is 12.8. The SMILES string of the molecule is CCOc1ccc(-c2ccccc2-n2ccc(=O)c3ccccc32)cc1. The van der Waals surface area contributed by atoms with Crippen LogP contribution in [0.3, 0.4) is 0 Å². The zero-order valence-corrected chi connectivity index (χ0v) is 14.6. The van der Waals surface area contributed by atoms with E-state index in [1.54, 1.807) is 6.07 Å². The van der Waals surface area contributed by atoms with Crippen LogP contribution in [0.2, 0.25) is 0 Å². The van der Waals surface area contributed by atoms with Crippen molar-refractivity contribution in [3.8, 4) is 22.6 Å². The Morgan fingerprint density at radius 1 is 0.846 bits per heavy atom. The maximum absolute atomic E-state index is 12.2. The smallest absolute Gasteiger partial charge is 0.189 e. The molecule has 3 nitrogen and oxygen atoms in total. The van der Waals surface area contributed by atoms with Gasteiger partial charge in [-0.2, -0.15) is 0 Å². The van der Waals surface area contributed by atoms with Crippen LogP contribution in [-0.4, -0.2) is 11.2 Å². The fourth-order valence-electron chi connectivity index (χ4n) is 3.24. The summed E-state index contributed by atoms with van der Waals surface area (Å²) in [6.07, 6.45) is 1.85. The summed E-state index contributed by atoms with van der Waals surface area (Å²) in [6.45, 7) is 2.63. The second kappa shape index (κ2) is 6.89. The lowest BCUT2D eigenvalue weighted by atomic mass is 10.0. The third kappa shape index (κ3) is 2.88. The Hall–Kier alpha value is -3.33. The van der Waals surface area contributed by atoms with E-state index < -0.39 is 0 Å². The summed E-state index contributed by atoms with van der Waals surface area (Å²) < 4.78 is 7.61. The van der Waals surface area contributed by atoms with Gasteiger partial charge in [-0.15, -0.1) is 0 Å². The molecule has 0 N–H and O–H groups in total. The molecule has 0 saturated heterocycles. The largest absolute Gasteiger partial charge is 0.494 e. The molecule has 0 spiro atoms. The predicted octanol–water partition coefficient (Wildman–Crippen LogP) is 5.06. The molecule has 4 rings (SSSR count). The molecule has 0 fully saturated rings. The third-order valence-corrected chi connectivity index (χ3v) is 4.44. The summed E-state index contributed by atoms with van der Waals surface area (Å²) >= 11 is 0. The number of pyridine rings is 1. The van der Waals surface area contributed by atoms with E-state index in [4.69, 9.17) is 4.74 Å². The van der Waals surface area contributed by atoms with E-state index in [-0.39, 0.29) is 5.43 Å². The molecule has 4 aromatic rings. The van der Waals surface area contributed by atoms with E-state index in [1.807, 2.05) is 61.7 Å². The van der Waals surface area contributed by atoms with Gasteiger partial charge in [0.1, 0.15) is 5.75 Å². The molecule has 0 unspecified atom stereocenters. The molecule has 0 aliphatic rings. The van der Waals surface area contributed by atoms with E-state index in [1.165, 1.54) is 0 Å². The summed E-state index contributed by atoms with van der Waals surface area (Å²) in [7, 11) is 0. The fourth-order valence-corrected chi connectivity index (χ4v) is 3.24. The van der Waals surface area contributed by atoms with Gasteiger partial charge >= 0.3 is 0 Å². The number of hydrogen-bond acceptors (Lipinski definition) is 2. The molecule has 0 saturated carbocycles. The highest BCUT2D eigenvalue weighted by atomic mass is 16.5. The molecular formula is C23H19NO2. The Kier molecular flexibility index (Phi) is 4.28. The van der Waals surface area contributed by atoms with Gasteiger partial charge in [-0.05, 0) is 42.8 Å². The van der Waals surface area contributed by atoms with Crippen LogP contribution in [0.25, 0.3) is 27.7 Å². The van der Waals surface area contributed by atoms with Crippen molar-refractivity contribution in [1.29, 1.82) is 0 Å². The Labute approximate surface area is 152 Å². The minimum absolute atomic E-state index is 0.0374. The van der Waals surface area contributed by atoms with Crippen molar-refractivity contribution in [2.24, 2.45) is 0 Å². The molecule has 0 aliphatic carbocycles. The van der Waals surface area contributed by atoms with Gasteiger partial charge in [0.15, 0.2) is 5.43 Å². The molecule has 1 heterocycles. The Morgan fingerprint density at radius 3 is 2.38 bits per heavy atom. The highest BCUT2D eigenvalue weighted by Gasteiger charge is 2.09. The quantitative estimate of drug-likeness (QED) is 0.520. The van der Waals surface area contributed by atoms with Gasteiger partial charge in [-0.3, -0.25) is 4.79 Å². The lowest BCUT2D eigenvalue weighted by molar-refractivity contribution is 0.340. The van der Waals surface area contributed by atoms with Crippen molar-refractivity contribution in [3.05, 3.63) is 95.3 Å². The van der Waals surface area contributed by atoms with Gasteiger partial charge in [0.25, 0.3) is 0 Å². The van der Waals surface area contributed by atoms with Gasteiger partial charge in [0, 0.05) is 23.2 Å². The maximum atomic E-state index is 12.2. The number of rotatable bonds is 4. The number of para-hydroxylation sites is 2. The summed E-state index contributed by atoms with van der Waals surface area (Å²) in [5.41, 5.74) is 4.18. The van der Waals surface area contributed by atoms with Gasteiger partial charge in [0.05, 0.1) is 17.8 Å². The van der Waals surface area contributed by atoms with Crippen LogP contribution < -0.4 is 10.2 Å². The second-order valence-electron chi connectivity index (χ2n) is 6.04.